The van der Waals surface area contributed by atoms with Gasteiger partial charge in [0.1, 0.15) is 6.02 Å². The van der Waals surface area contributed by atoms with Gasteiger partial charge in [-0.1, -0.05) is 30.3 Å². The molecule has 0 heterocycles. The molecule has 4 heteroatoms. The average Bonchev–Trinajstić information content (AvgIpc) is 2.28. The van der Waals surface area contributed by atoms with Crippen LogP contribution >= 0.6 is 0 Å². The molecular weight excluding hydrogens is 206 g/mol. The molecule has 4 nitrogen and oxygen atoms in total. The van der Waals surface area contributed by atoms with Crippen molar-refractivity contribution < 1.29 is 15.7 Å². The van der Waals surface area contributed by atoms with Crippen molar-refractivity contribution in [1.29, 1.82) is 0 Å². The first-order valence-corrected chi connectivity index (χ1v) is 4.89. The zero-order valence-corrected chi connectivity index (χ0v) is 9.32. The van der Waals surface area contributed by atoms with E-state index in [2.05, 4.69) is 10.1 Å². The Bertz CT molecular complexity index is 407. The molecule has 16 heavy (non-hydrogen) atoms. The number of ether oxygens (including phenoxy) is 1. The topological polar surface area (TPSA) is 55.4 Å². The van der Waals surface area contributed by atoms with E-state index in [-0.39, 0.29) is 6.42 Å². The maximum absolute atomic E-state index is 11.5. The van der Waals surface area contributed by atoms with Crippen LogP contribution in [-0.2, 0) is 20.7 Å². The third-order valence-electron chi connectivity index (χ3n) is 1.98. The van der Waals surface area contributed by atoms with Gasteiger partial charge < -0.3 is 10.1 Å². The summed E-state index contributed by atoms with van der Waals surface area (Å²) in [5, 5.41) is 2.31. The van der Waals surface area contributed by atoms with E-state index in [0.717, 1.165) is 5.56 Å². The molecule has 1 aromatic carbocycles. The number of benzene rings is 1. The summed E-state index contributed by atoms with van der Waals surface area (Å²) >= 11 is 0. The lowest BCUT2D eigenvalue weighted by Gasteiger charge is -2.15. The number of methoxy groups -OCH3 is 1. The third kappa shape index (κ3) is 3.73. The van der Waals surface area contributed by atoms with Gasteiger partial charge in [0.05, 0.1) is 8.48 Å². The second kappa shape index (κ2) is 5.90. The van der Waals surface area contributed by atoms with Crippen molar-refractivity contribution in [2.45, 2.75) is 19.4 Å². The molecule has 0 spiro atoms. The Morgan fingerprint density at radius 3 is 2.56 bits per heavy atom. The fourth-order valence-electron chi connectivity index (χ4n) is 1.30. The molecule has 1 rings (SSSR count). The summed E-state index contributed by atoms with van der Waals surface area (Å²) in [7, 11) is 1.19. The van der Waals surface area contributed by atoms with Gasteiger partial charge in [0.2, 0.25) is 5.91 Å². The number of esters is 1. The maximum Gasteiger partial charge on any atom is 0.328 e. The first-order chi connectivity index (χ1) is 7.98. The van der Waals surface area contributed by atoms with Gasteiger partial charge in [0.25, 0.3) is 0 Å². The molecule has 0 saturated carbocycles. The molecule has 0 saturated heterocycles. The lowest BCUT2D eigenvalue weighted by Crippen LogP contribution is -2.41. The van der Waals surface area contributed by atoms with Crippen LogP contribution in [0.4, 0.5) is 0 Å². The van der Waals surface area contributed by atoms with Crippen LogP contribution in [0.2, 0.25) is 0 Å². The van der Waals surface area contributed by atoms with E-state index in [1.807, 2.05) is 6.07 Å². The minimum atomic E-state index is -1.78. The number of carbonyl (C=O) groups excluding carboxylic acids is 2. The largest absolute Gasteiger partial charge is 0.467 e. The second-order valence-corrected chi connectivity index (χ2v) is 3.31. The number of hydrogen-bond acceptors (Lipinski definition) is 3. The number of carbonyl (C=O) groups is 2. The van der Waals surface area contributed by atoms with Crippen LogP contribution in [-0.4, -0.2) is 25.0 Å². The lowest BCUT2D eigenvalue weighted by molar-refractivity contribution is -0.144. The molecule has 0 bridgehead atoms. The van der Waals surface area contributed by atoms with Gasteiger partial charge in [-0.15, -0.1) is 0 Å². The molecule has 1 amide bonds. The molecule has 0 aliphatic rings. The Balaban J connectivity index is 2.91. The Labute approximate surface area is 96.0 Å². The van der Waals surface area contributed by atoms with Crippen LogP contribution in [0.15, 0.2) is 30.3 Å². The van der Waals surface area contributed by atoms with Crippen LogP contribution in [0.5, 0.6) is 0 Å². The Morgan fingerprint density at radius 2 is 2.06 bits per heavy atom. The molecule has 86 valence electrons. The van der Waals surface area contributed by atoms with Crippen molar-refractivity contribution in [2.24, 2.45) is 0 Å². The smallest absolute Gasteiger partial charge is 0.328 e. The van der Waals surface area contributed by atoms with E-state index in [9.17, 15) is 9.59 Å². The summed E-state index contributed by atoms with van der Waals surface area (Å²) in [4.78, 5) is 22.6. The maximum atomic E-state index is 11.5. The van der Waals surface area contributed by atoms with Crippen LogP contribution in [0.25, 0.3) is 0 Å². The Morgan fingerprint density at radius 1 is 1.44 bits per heavy atom. The van der Waals surface area contributed by atoms with Gasteiger partial charge in [-0.25, -0.2) is 4.79 Å². The zero-order valence-electron chi connectivity index (χ0n) is 10.3. The summed E-state index contributed by atoms with van der Waals surface area (Å²) in [5.74, 6) is -1.22. The van der Waals surface area contributed by atoms with E-state index in [1.54, 1.807) is 24.3 Å². The summed E-state index contributed by atoms with van der Waals surface area (Å²) in [6.07, 6.45) is 0.0695. The monoisotopic (exact) mass is 222 g/mol. The second-order valence-electron chi connectivity index (χ2n) is 3.31. The van der Waals surface area contributed by atoms with Crippen molar-refractivity contribution in [3.8, 4) is 0 Å². The molecule has 0 fully saturated rings. The van der Waals surface area contributed by atoms with Gasteiger partial charge in [0, 0.05) is 13.3 Å². The van der Waals surface area contributed by atoms with Crippen molar-refractivity contribution in [3.63, 3.8) is 0 Å². The van der Waals surface area contributed by atoms with E-state index in [1.165, 1.54) is 14.0 Å². The van der Waals surface area contributed by atoms with Crippen LogP contribution in [0.1, 0.15) is 13.9 Å². The van der Waals surface area contributed by atoms with Crippen molar-refractivity contribution in [3.05, 3.63) is 35.9 Å². The Hall–Kier alpha value is -1.84. The molecule has 0 aromatic heterocycles. The summed E-state index contributed by atoms with van der Waals surface area (Å²) in [6.45, 7) is 1.26. The minimum absolute atomic E-state index is 0.0695. The minimum Gasteiger partial charge on any atom is -0.467 e. The first-order valence-electron chi connectivity index (χ1n) is 5.39. The number of hydrogen-bond donors (Lipinski definition) is 1. The van der Waals surface area contributed by atoms with Gasteiger partial charge in [0.15, 0.2) is 0 Å². The highest BCUT2D eigenvalue weighted by molar-refractivity contribution is 5.83. The predicted molar refractivity (Wildman–Crippen MR) is 59.8 cm³/mol. The van der Waals surface area contributed by atoms with E-state index < -0.39 is 17.9 Å². The summed E-state index contributed by atoms with van der Waals surface area (Å²) < 4.78 is 12.5. The quantitative estimate of drug-likeness (QED) is 0.770. The fraction of sp³-hybridized carbons (Fsp3) is 0.333. The van der Waals surface area contributed by atoms with Gasteiger partial charge in [-0.3, -0.25) is 4.79 Å². The van der Waals surface area contributed by atoms with E-state index in [0.29, 0.717) is 0 Å². The molecule has 0 aliphatic carbocycles. The summed E-state index contributed by atoms with van der Waals surface area (Å²) in [5.41, 5.74) is 0.779. The SMILES string of the molecule is [2H][C@@](Cc1ccccc1)(NC(C)=O)C(=O)OC. The average molecular weight is 222 g/mol. The Kier molecular flexibility index (Phi) is 3.94. The molecular formula is C12H15NO3. The molecule has 1 N–H and O–H groups in total. The lowest BCUT2D eigenvalue weighted by atomic mass is 10.1. The predicted octanol–water partition coefficient (Wildman–Crippen LogP) is 0.907. The van der Waals surface area contributed by atoms with Crippen molar-refractivity contribution in [2.75, 3.05) is 7.11 Å². The molecule has 1 atom stereocenters. The third-order valence-corrected chi connectivity index (χ3v) is 1.98. The number of amides is 1. The molecule has 0 aliphatic heterocycles. The van der Waals surface area contributed by atoms with Gasteiger partial charge >= 0.3 is 5.97 Å². The van der Waals surface area contributed by atoms with E-state index in [4.69, 9.17) is 1.37 Å². The summed E-state index contributed by atoms with van der Waals surface area (Å²) in [6, 6.07) is 7.25. The molecule has 1 aromatic rings. The first kappa shape index (κ1) is 10.7. The van der Waals surface area contributed by atoms with Gasteiger partial charge in [-0.05, 0) is 5.56 Å². The van der Waals surface area contributed by atoms with Crippen molar-refractivity contribution >= 4 is 11.9 Å². The van der Waals surface area contributed by atoms with Crippen LogP contribution < -0.4 is 5.32 Å². The van der Waals surface area contributed by atoms with Crippen LogP contribution in [0.3, 0.4) is 0 Å². The normalized spacial score (nSPS) is 14.5. The zero-order chi connectivity index (χ0) is 12.9. The highest BCUT2D eigenvalue weighted by Gasteiger charge is 2.20. The fourth-order valence-corrected chi connectivity index (χ4v) is 1.30. The van der Waals surface area contributed by atoms with Gasteiger partial charge in [-0.2, -0.15) is 0 Å². The van der Waals surface area contributed by atoms with Crippen LogP contribution in [0, 0.1) is 0 Å². The standard InChI is InChI=1S/C12H15NO3/c1-9(14)13-11(12(15)16-2)8-10-6-4-3-5-7-10/h3-7,11H,8H2,1-2H3,(H,13,14)/t11-/m0/s1/i11D. The number of rotatable bonds is 4. The highest BCUT2D eigenvalue weighted by Crippen LogP contribution is 2.04. The molecule has 0 unspecified atom stereocenters. The van der Waals surface area contributed by atoms with E-state index >= 15 is 0 Å². The highest BCUT2D eigenvalue weighted by atomic mass is 16.5. The molecule has 0 radical (unpaired) electrons. The van der Waals surface area contributed by atoms with Crippen molar-refractivity contribution in [1.82, 2.24) is 5.32 Å². The number of nitrogens with one attached hydrogen (secondary N) is 1.